The van der Waals surface area contributed by atoms with Gasteiger partial charge in [0, 0.05) is 25.4 Å². The molecule has 2 amide bonds. The van der Waals surface area contributed by atoms with Gasteiger partial charge in [0.05, 0.1) is 11.5 Å². The maximum atomic E-state index is 13.2. The number of alkyl carbamates (subject to hydrolysis) is 1. The third kappa shape index (κ3) is 3.81. The fraction of sp³-hybridized carbons (Fsp3) is 0.423. The number of hydrogen-bond acceptors (Lipinski definition) is 5. The fourth-order valence-corrected chi connectivity index (χ4v) is 5.54. The van der Waals surface area contributed by atoms with Crippen molar-refractivity contribution in [3.63, 3.8) is 0 Å². The highest BCUT2D eigenvalue weighted by molar-refractivity contribution is 5.89. The minimum atomic E-state index is -1.12. The van der Waals surface area contributed by atoms with Crippen LogP contribution in [-0.2, 0) is 14.3 Å². The Balaban J connectivity index is 1.22. The molecule has 0 spiro atoms. The number of carbonyl (C=O) groups is 3. The summed E-state index contributed by atoms with van der Waals surface area (Å²) in [5, 5.41) is 22.1. The van der Waals surface area contributed by atoms with E-state index in [0.29, 0.717) is 12.8 Å². The maximum absolute atomic E-state index is 13.2. The van der Waals surface area contributed by atoms with Crippen molar-refractivity contribution in [1.82, 2.24) is 10.2 Å². The standard InChI is InChI=1S/C26H28N2O6/c29-16-12-22(23(30)31)28(13-16)24(32)26(10-5-11-26)15-27-25(33)34-14-21-19-8-3-1-6-17(19)18-7-2-4-9-20(18)21/h1-4,6-9,16,21-22,29H,5,10-15H2,(H,27,33)(H,30,31)/t16-,22+/m1/s1. The van der Waals surface area contributed by atoms with Crippen molar-refractivity contribution in [2.75, 3.05) is 19.7 Å². The Morgan fingerprint density at radius 2 is 1.65 bits per heavy atom. The number of likely N-dealkylation sites (tertiary alicyclic amines) is 1. The number of β-amino-alcohol motifs (C(OH)–C–C–N with tert-alkyl or cyclic N) is 1. The molecular weight excluding hydrogens is 436 g/mol. The number of hydrogen-bond donors (Lipinski definition) is 3. The minimum Gasteiger partial charge on any atom is -0.480 e. The number of fused-ring (bicyclic) bond motifs is 3. The first-order chi connectivity index (χ1) is 16.4. The lowest BCUT2D eigenvalue weighted by Gasteiger charge is -2.43. The number of aliphatic hydroxyl groups excluding tert-OH is 1. The molecule has 2 aliphatic carbocycles. The van der Waals surface area contributed by atoms with Gasteiger partial charge in [-0.15, -0.1) is 0 Å². The monoisotopic (exact) mass is 464 g/mol. The lowest BCUT2D eigenvalue weighted by Crippen LogP contribution is -2.56. The number of rotatable bonds is 6. The van der Waals surface area contributed by atoms with Crippen molar-refractivity contribution < 1.29 is 29.3 Å². The van der Waals surface area contributed by atoms with Crippen LogP contribution in [0.3, 0.4) is 0 Å². The number of ether oxygens (including phenoxy) is 1. The van der Waals surface area contributed by atoms with E-state index in [0.717, 1.165) is 28.7 Å². The first-order valence-electron chi connectivity index (χ1n) is 11.7. The van der Waals surface area contributed by atoms with E-state index >= 15 is 0 Å². The average molecular weight is 465 g/mol. The van der Waals surface area contributed by atoms with Crippen LogP contribution in [0.4, 0.5) is 4.79 Å². The molecule has 0 bridgehead atoms. The second kappa shape index (κ2) is 8.76. The Kier molecular flexibility index (Phi) is 5.77. The molecule has 8 heteroatoms. The van der Waals surface area contributed by atoms with Crippen molar-refractivity contribution in [3.05, 3.63) is 59.7 Å². The predicted molar refractivity (Wildman–Crippen MR) is 123 cm³/mol. The van der Waals surface area contributed by atoms with Crippen molar-refractivity contribution in [2.45, 2.75) is 43.7 Å². The van der Waals surface area contributed by atoms with Crippen molar-refractivity contribution in [2.24, 2.45) is 5.41 Å². The summed E-state index contributed by atoms with van der Waals surface area (Å²) >= 11 is 0. The van der Waals surface area contributed by atoms with E-state index in [1.54, 1.807) is 0 Å². The van der Waals surface area contributed by atoms with E-state index in [1.807, 2.05) is 36.4 Å². The third-order valence-corrected chi connectivity index (χ3v) is 7.50. The summed E-state index contributed by atoms with van der Waals surface area (Å²) in [7, 11) is 0. The van der Waals surface area contributed by atoms with Crippen molar-refractivity contribution in [1.29, 1.82) is 0 Å². The zero-order chi connectivity index (χ0) is 23.9. The molecule has 0 unspecified atom stereocenters. The summed E-state index contributed by atoms with van der Waals surface area (Å²) in [5.41, 5.74) is 3.69. The molecule has 3 aliphatic rings. The fourth-order valence-electron chi connectivity index (χ4n) is 5.54. The number of benzene rings is 2. The van der Waals surface area contributed by atoms with Crippen LogP contribution in [0.25, 0.3) is 11.1 Å². The Bertz CT molecular complexity index is 1080. The second-order valence-corrected chi connectivity index (χ2v) is 9.51. The van der Waals surface area contributed by atoms with E-state index in [1.165, 1.54) is 4.90 Å². The minimum absolute atomic E-state index is 0.00247. The van der Waals surface area contributed by atoms with Gasteiger partial charge in [0.1, 0.15) is 12.6 Å². The number of carboxylic acid groups (broad SMARTS) is 1. The van der Waals surface area contributed by atoms with Gasteiger partial charge in [-0.2, -0.15) is 0 Å². The molecular formula is C26H28N2O6. The van der Waals surface area contributed by atoms with Gasteiger partial charge in [-0.3, -0.25) is 4.79 Å². The molecule has 1 aliphatic heterocycles. The molecule has 2 atom stereocenters. The summed E-state index contributed by atoms with van der Waals surface area (Å²) in [6, 6.07) is 15.1. The van der Waals surface area contributed by atoms with Crippen LogP contribution >= 0.6 is 0 Å². The Morgan fingerprint density at radius 3 is 2.21 bits per heavy atom. The SMILES string of the molecule is O=C(NCC1(C(=O)N2C[C@H](O)C[C@H]2C(=O)O)CCC1)OCC1c2ccccc2-c2ccccc21. The summed E-state index contributed by atoms with van der Waals surface area (Å²) in [4.78, 5) is 38.6. The van der Waals surface area contributed by atoms with Crippen LogP contribution in [0, 0.1) is 5.41 Å². The van der Waals surface area contributed by atoms with E-state index in [9.17, 15) is 24.6 Å². The molecule has 0 aromatic heterocycles. The van der Waals surface area contributed by atoms with Crippen molar-refractivity contribution >= 4 is 18.0 Å². The molecule has 2 aromatic carbocycles. The number of nitrogens with zero attached hydrogens (tertiary/aromatic N) is 1. The first kappa shape index (κ1) is 22.4. The molecule has 2 aromatic rings. The van der Waals surface area contributed by atoms with Gasteiger partial charge in [0.2, 0.25) is 5.91 Å². The maximum Gasteiger partial charge on any atom is 0.407 e. The average Bonchev–Trinajstić information content (AvgIpc) is 3.35. The molecule has 3 N–H and O–H groups in total. The van der Waals surface area contributed by atoms with Crippen LogP contribution in [0.1, 0.15) is 42.7 Å². The molecule has 8 nitrogen and oxygen atoms in total. The van der Waals surface area contributed by atoms with Gasteiger partial charge in [-0.1, -0.05) is 55.0 Å². The van der Waals surface area contributed by atoms with Crippen LogP contribution in [0.2, 0.25) is 0 Å². The molecule has 34 heavy (non-hydrogen) atoms. The number of aliphatic carboxylic acids is 1. The summed E-state index contributed by atoms with van der Waals surface area (Å²) in [5.74, 6) is -1.50. The van der Waals surface area contributed by atoms with Crippen molar-refractivity contribution in [3.8, 4) is 11.1 Å². The van der Waals surface area contributed by atoms with Gasteiger partial charge in [0.25, 0.3) is 0 Å². The Morgan fingerprint density at radius 1 is 1.03 bits per heavy atom. The topological polar surface area (TPSA) is 116 Å². The lowest BCUT2D eigenvalue weighted by atomic mass is 9.67. The normalized spacial score (nSPS) is 22.4. The predicted octanol–water partition coefficient (Wildman–Crippen LogP) is 2.74. The molecule has 0 radical (unpaired) electrons. The highest BCUT2D eigenvalue weighted by atomic mass is 16.5. The first-order valence-corrected chi connectivity index (χ1v) is 11.7. The van der Waals surface area contributed by atoms with E-state index in [-0.39, 0.29) is 37.9 Å². The number of amides is 2. The number of aliphatic hydroxyl groups is 1. The van der Waals surface area contributed by atoms with Gasteiger partial charge in [-0.05, 0) is 35.1 Å². The molecule has 178 valence electrons. The summed E-state index contributed by atoms with van der Waals surface area (Å²) < 4.78 is 5.58. The van der Waals surface area contributed by atoms with E-state index in [2.05, 4.69) is 17.4 Å². The van der Waals surface area contributed by atoms with Crippen LogP contribution < -0.4 is 5.32 Å². The quantitative estimate of drug-likeness (QED) is 0.605. The van der Waals surface area contributed by atoms with Gasteiger partial charge in [-0.25, -0.2) is 9.59 Å². The van der Waals surface area contributed by atoms with Gasteiger partial charge in [0.15, 0.2) is 0 Å². The lowest BCUT2D eigenvalue weighted by molar-refractivity contribution is -0.156. The van der Waals surface area contributed by atoms with Gasteiger partial charge >= 0.3 is 12.1 Å². The van der Waals surface area contributed by atoms with E-state index in [4.69, 9.17) is 4.74 Å². The Hall–Kier alpha value is -3.39. The highest BCUT2D eigenvalue weighted by Crippen LogP contribution is 2.45. The zero-order valence-electron chi connectivity index (χ0n) is 18.8. The number of nitrogens with one attached hydrogen (secondary N) is 1. The van der Waals surface area contributed by atoms with Crippen LogP contribution in [-0.4, -0.2) is 64.9 Å². The smallest absolute Gasteiger partial charge is 0.407 e. The molecule has 2 fully saturated rings. The number of carbonyl (C=O) groups excluding carboxylic acids is 2. The second-order valence-electron chi connectivity index (χ2n) is 9.51. The van der Waals surface area contributed by atoms with Gasteiger partial charge < -0.3 is 25.2 Å². The van der Waals surface area contributed by atoms with E-state index < -0.39 is 29.6 Å². The van der Waals surface area contributed by atoms with Crippen LogP contribution in [0.15, 0.2) is 48.5 Å². The molecule has 1 heterocycles. The Labute approximate surface area is 197 Å². The summed E-state index contributed by atoms with van der Waals surface area (Å²) in [6.07, 6.45) is 0.529. The largest absolute Gasteiger partial charge is 0.480 e. The molecule has 1 saturated heterocycles. The van der Waals surface area contributed by atoms with Crippen LogP contribution in [0.5, 0.6) is 0 Å². The molecule has 5 rings (SSSR count). The highest BCUT2D eigenvalue weighted by Gasteiger charge is 2.51. The number of carboxylic acids is 1. The summed E-state index contributed by atoms with van der Waals surface area (Å²) in [6.45, 7) is 0.268. The molecule has 1 saturated carbocycles. The zero-order valence-corrected chi connectivity index (χ0v) is 18.8. The third-order valence-electron chi connectivity index (χ3n) is 7.50.